The monoisotopic (exact) mass is 516 g/mol. The van der Waals surface area contributed by atoms with Gasteiger partial charge in [-0.1, -0.05) is 43.7 Å². The molecule has 0 aliphatic carbocycles. The lowest BCUT2D eigenvalue weighted by atomic mass is 10.00. The quantitative estimate of drug-likeness (QED) is 0.248. The molecule has 166 valence electrons. The molecule has 2 rings (SSSR count). The Bertz CT molecular complexity index is 555. The van der Waals surface area contributed by atoms with Crippen LogP contribution in [0.4, 0.5) is 0 Å². The molecule has 6 heteroatoms. The smallest absolute Gasteiger partial charge is 0.191 e. The zero-order valence-corrected chi connectivity index (χ0v) is 20.8. The Morgan fingerprint density at radius 3 is 2.45 bits per heavy atom. The molecule has 5 nitrogen and oxygen atoms in total. The van der Waals surface area contributed by atoms with Crippen LogP contribution in [0.1, 0.15) is 64.5 Å². The molecule has 1 aromatic rings. The van der Waals surface area contributed by atoms with Crippen molar-refractivity contribution in [1.29, 1.82) is 0 Å². The van der Waals surface area contributed by atoms with Crippen LogP contribution >= 0.6 is 24.0 Å². The molecule has 0 amide bonds. The molecule has 2 atom stereocenters. The van der Waals surface area contributed by atoms with Gasteiger partial charge >= 0.3 is 0 Å². The van der Waals surface area contributed by atoms with Gasteiger partial charge < -0.3 is 15.7 Å². The minimum absolute atomic E-state index is 0. The molecule has 1 fully saturated rings. The molecule has 2 unspecified atom stereocenters. The summed E-state index contributed by atoms with van der Waals surface area (Å²) in [6, 6.07) is 11.7. The zero-order valence-electron chi connectivity index (χ0n) is 18.4. The van der Waals surface area contributed by atoms with Gasteiger partial charge in [0.05, 0.1) is 0 Å². The molecule has 1 aliphatic rings. The molecule has 1 heterocycles. The highest BCUT2D eigenvalue weighted by atomic mass is 127. The van der Waals surface area contributed by atoms with E-state index in [0.29, 0.717) is 18.0 Å². The number of likely N-dealkylation sites (tertiary alicyclic amines) is 1. The Balaban J connectivity index is 0.00000420. The van der Waals surface area contributed by atoms with Gasteiger partial charge in [0.15, 0.2) is 5.96 Å². The highest BCUT2D eigenvalue weighted by Gasteiger charge is 2.24. The third kappa shape index (κ3) is 9.22. The van der Waals surface area contributed by atoms with Gasteiger partial charge in [-0.3, -0.25) is 9.89 Å². The summed E-state index contributed by atoms with van der Waals surface area (Å²) in [6.45, 7) is 10.7. The van der Waals surface area contributed by atoms with Crippen LogP contribution in [0.25, 0.3) is 0 Å². The number of halogens is 1. The molecular formula is C23H41IN4O. The van der Waals surface area contributed by atoms with E-state index in [9.17, 15) is 5.11 Å². The van der Waals surface area contributed by atoms with E-state index < -0.39 is 0 Å². The molecule has 1 aromatic carbocycles. The van der Waals surface area contributed by atoms with E-state index in [1.807, 2.05) is 0 Å². The molecule has 29 heavy (non-hydrogen) atoms. The molecule has 0 spiro atoms. The molecule has 1 saturated heterocycles. The van der Waals surface area contributed by atoms with Crippen molar-refractivity contribution in [3.63, 3.8) is 0 Å². The van der Waals surface area contributed by atoms with Gasteiger partial charge in [-0.05, 0) is 51.0 Å². The predicted molar refractivity (Wildman–Crippen MR) is 134 cm³/mol. The van der Waals surface area contributed by atoms with Crippen molar-refractivity contribution >= 4 is 29.9 Å². The number of nitrogens with one attached hydrogen (secondary N) is 2. The summed E-state index contributed by atoms with van der Waals surface area (Å²) in [5, 5.41) is 16.3. The van der Waals surface area contributed by atoms with E-state index in [4.69, 9.17) is 4.99 Å². The Morgan fingerprint density at radius 1 is 1.17 bits per heavy atom. The van der Waals surface area contributed by atoms with Gasteiger partial charge in [0.2, 0.25) is 0 Å². The highest BCUT2D eigenvalue weighted by molar-refractivity contribution is 14.0. The van der Waals surface area contributed by atoms with Crippen molar-refractivity contribution < 1.29 is 5.11 Å². The van der Waals surface area contributed by atoms with Crippen molar-refractivity contribution in [1.82, 2.24) is 15.5 Å². The lowest BCUT2D eigenvalue weighted by molar-refractivity contribution is 0.158. The second kappa shape index (κ2) is 15.0. The Morgan fingerprint density at radius 2 is 1.86 bits per heavy atom. The van der Waals surface area contributed by atoms with Gasteiger partial charge in [-0.25, -0.2) is 0 Å². The first-order chi connectivity index (χ1) is 13.7. The van der Waals surface area contributed by atoms with Crippen LogP contribution in [-0.4, -0.2) is 54.8 Å². The van der Waals surface area contributed by atoms with Crippen LogP contribution in [0.2, 0.25) is 0 Å². The maximum atomic E-state index is 9.26. The lowest BCUT2D eigenvalue weighted by Gasteiger charge is -2.37. The van der Waals surface area contributed by atoms with Crippen LogP contribution in [0.3, 0.4) is 0 Å². The van der Waals surface area contributed by atoms with E-state index in [1.54, 1.807) is 0 Å². The summed E-state index contributed by atoms with van der Waals surface area (Å²) in [5.74, 6) is 1.40. The minimum Gasteiger partial charge on any atom is -0.396 e. The molecule has 0 radical (unpaired) electrons. The first-order valence-electron chi connectivity index (χ1n) is 11.1. The first kappa shape index (κ1) is 26.2. The lowest BCUT2D eigenvalue weighted by Crippen LogP contribution is -2.49. The number of aliphatic hydroxyl groups excluding tert-OH is 1. The number of aliphatic hydroxyl groups is 1. The van der Waals surface area contributed by atoms with Crippen LogP contribution in [0.5, 0.6) is 0 Å². The fourth-order valence-corrected chi connectivity index (χ4v) is 4.02. The van der Waals surface area contributed by atoms with Crippen molar-refractivity contribution in [2.24, 2.45) is 10.9 Å². The van der Waals surface area contributed by atoms with Gasteiger partial charge in [0, 0.05) is 44.9 Å². The van der Waals surface area contributed by atoms with Crippen molar-refractivity contribution in [2.45, 2.75) is 65.0 Å². The fraction of sp³-hybridized carbons (Fsp3) is 0.696. The first-order valence-corrected chi connectivity index (χ1v) is 11.1. The van der Waals surface area contributed by atoms with E-state index in [-0.39, 0.29) is 30.6 Å². The van der Waals surface area contributed by atoms with Gasteiger partial charge in [-0.15, -0.1) is 24.0 Å². The number of piperidine rings is 1. The molecule has 0 aromatic heterocycles. The molecule has 1 aliphatic heterocycles. The van der Waals surface area contributed by atoms with Gasteiger partial charge in [0.25, 0.3) is 0 Å². The summed E-state index contributed by atoms with van der Waals surface area (Å²) < 4.78 is 0. The number of hydrogen-bond acceptors (Lipinski definition) is 3. The Labute approximate surface area is 194 Å². The SMILES string of the molecule is CCCC(CCO)CN=C(NCC)NC1CCN(C(C)c2ccccc2)CC1.I. The summed E-state index contributed by atoms with van der Waals surface area (Å²) in [6.07, 6.45) is 5.38. The molecule has 3 N–H and O–H groups in total. The number of guanidine groups is 1. The van der Waals surface area contributed by atoms with Crippen molar-refractivity contribution in [3.8, 4) is 0 Å². The summed E-state index contributed by atoms with van der Waals surface area (Å²) in [4.78, 5) is 7.40. The third-order valence-corrected chi connectivity index (χ3v) is 5.79. The largest absolute Gasteiger partial charge is 0.396 e. The minimum atomic E-state index is 0. The summed E-state index contributed by atoms with van der Waals surface area (Å²) >= 11 is 0. The van der Waals surface area contributed by atoms with E-state index >= 15 is 0 Å². The van der Waals surface area contributed by atoms with Gasteiger partial charge in [-0.2, -0.15) is 0 Å². The Kier molecular flexibility index (Phi) is 13.6. The second-order valence-corrected chi connectivity index (χ2v) is 7.93. The standard InChI is InChI=1S/C23H40N4O.HI/c1-4-9-20(14-17-28)18-25-23(24-5-2)26-22-12-15-27(16-13-22)19(3)21-10-7-6-8-11-21;/h6-8,10-11,19-20,22,28H,4-5,9,12-18H2,1-3H3,(H2,24,25,26);1H. The number of aliphatic imine (C=N–C) groups is 1. The highest BCUT2D eigenvalue weighted by Crippen LogP contribution is 2.24. The average molecular weight is 517 g/mol. The fourth-order valence-electron chi connectivity index (χ4n) is 4.02. The van der Waals surface area contributed by atoms with Gasteiger partial charge in [0.1, 0.15) is 0 Å². The van der Waals surface area contributed by atoms with E-state index in [2.05, 4.69) is 66.6 Å². The van der Waals surface area contributed by atoms with E-state index in [0.717, 1.165) is 64.2 Å². The maximum absolute atomic E-state index is 9.26. The molecule has 0 saturated carbocycles. The summed E-state index contributed by atoms with van der Waals surface area (Å²) in [5.41, 5.74) is 1.40. The number of hydrogen-bond donors (Lipinski definition) is 3. The third-order valence-electron chi connectivity index (χ3n) is 5.79. The predicted octanol–water partition coefficient (Wildman–Crippen LogP) is 4.18. The normalized spacial score (nSPS) is 18.0. The van der Waals surface area contributed by atoms with Crippen LogP contribution in [-0.2, 0) is 0 Å². The average Bonchev–Trinajstić information content (AvgIpc) is 2.73. The number of nitrogens with zero attached hydrogens (tertiary/aromatic N) is 2. The maximum Gasteiger partial charge on any atom is 0.191 e. The van der Waals surface area contributed by atoms with Crippen LogP contribution < -0.4 is 10.6 Å². The second-order valence-electron chi connectivity index (χ2n) is 7.93. The number of benzene rings is 1. The number of rotatable bonds is 10. The van der Waals surface area contributed by atoms with Crippen LogP contribution in [0, 0.1) is 5.92 Å². The van der Waals surface area contributed by atoms with E-state index in [1.165, 1.54) is 5.56 Å². The molecular weight excluding hydrogens is 475 g/mol. The Hall–Kier alpha value is -0.860. The summed E-state index contributed by atoms with van der Waals surface area (Å²) in [7, 11) is 0. The zero-order chi connectivity index (χ0) is 20.2. The topological polar surface area (TPSA) is 59.9 Å². The molecule has 0 bridgehead atoms. The van der Waals surface area contributed by atoms with Crippen LogP contribution in [0.15, 0.2) is 35.3 Å². The van der Waals surface area contributed by atoms with Crippen molar-refractivity contribution in [2.75, 3.05) is 32.8 Å². The van der Waals surface area contributed by atoms with Crippen molar-refractivity contribution in [3.05, 3.63) is 35.9 Å².